The van der Waals surface area contributed by atoms with Crippen molar-refractivity contribution in [1.82, 2.24) is 4.90 Å². The third kappa shape index (κ3) is 2.47. The Morgan fingerprint density at radius 1 is 1.45 bits per heavy atom. The molecule has 0 radical (unpaired) electrons. The van der Waals surface area contributed by atoms with E-state index in [0.717, 1.165) is 19.4 Å². The van der Waals surface area contributed by atoms with Gasteiger partial charge in [0.1, 0.15) is 0 Å². The standard InChI is InChI=1S/C16H22N2OS/c1-11-5-4-8-18(13(11)10-17)16(19)15-9-12-6-2-3-7-14(12)20-15/h2-3,6-7,11,13,15H,4-5,8-10,17H2,1H3. The molecule has 0 aromatic heterocycles. The highest BCUT2D eigenvalue weighted by molar-refractivity contribution is 8.01. The van der Waals surface area contributed by atoms with Crippen LogP contribution in [0.1, 0.15) is 25.3 Å². The molecule has 4 heteroatoms. The molecule has 3 nitrogen and oxygen atoms in total. The number of nitrogens with zero attached hydrogens (tertiary/aromatic N) is 1. The van der Waals surface area contributed by atoms with Crippen molar-refractivity contribution in [2.75, 3.05) is 13.1 Å². The van der Waals surface area contributed by atoms with Gasteiger partial charge in [0.05, 0.1) is 5.25 Å². The number of nitrogens with two attached hydrogens (primary N) is 1. The third-order valence-electron chi connectivity index (χ3n) is 4.56. The molecule has 1 saturated heterocycles. The molecule has 1 aromatic carbocycles. The lowest BCUT2D eigenvalue weighted by molar-refractivity contribution is -0.135. The van der Waals surface area contributed by atoms with E-state index in [0.29, 0.717) is 12.5 Å². The summed E-state index contributed by atoms with van der Waals surface area (Å²) in [5.74, 6) is 0.805. The Morgan fingerprint density at radius 2 is 2.25 bits per heavy atom. The van der Waals surface area contributed by atoms with Crippen LogP contribution in [0.4, 0.5) is 0 Å². The average molecular weight is 290 g/mol. The number of fused-ring (bicyclic) bond motifs is 1. The highest BCUT2D eigenvalue weighted by atomic mass is 32.2. The second-order valence-corrected chi connectivity index (χ2v) is 7.12. The fourth-order valence-corrected chi connectivity index (χ4v) is 4.65. The summed E-state index contributed by atoms with van der Waals surface area (Å²) in [6.07, 6.45) is 3.15. The molecule has 0 aliphatic carbocycles. The fourth-order valence-electron chi connectivity index (χ4n) is 3.39. The summed E-state index contributed by atoms with van der Waals surface area (Å²) in [6, 6.07) is 8.57. The van der Waals surface area contributed by atoms with Gasteiger partial charge in [0, 0.05) is 24.0 Å². The summed E-state index contributed by atoms with van der Waals surface area (Å²) >= 11 is 1.72. The van der Waals surface area contributed by atoms with Crippen LogP contribution in [-0.4, -0.2) is 35.2 Å². The molecule has 3 unspecified atom stereocenters. The third-order valence-corrected chi connectivity index (χ3v) is 5.87. The lowest BCUT2D eigenvalue weighted by atomic mass is 9.90. The number of rotatable bonds is 2. The van der Waals surface area contributed by atoms with Gasteiger partial charge in [-0.05, 0) is 36.8 Å². The second-order valence-electron chi connectivity index (χ2n) is 5.87. The average Bonchev–Trinajstić information content (AvgIpc) is 2.90. The van der Waals surface area contributed by atoms with E-state index >= 15 is 0 Å². The van der Waals surface area contributed by atoms with Crippen LogP contribution in [0.25, 0.3) is 0 Å². The molecule has 2 aliphatic rings. The Balaban J connectivity index is 1.74. The van der Waals surface area contributed by atoms with Crippen LogP contribution in [-0.2, 0) is 11.2 Å². The summed E-state index contributed by atoms with van der Waals surface area (Å²) in [7, 11) is 0. The van der Waals surface area contributed by atoms with Gasteiger partial charge in [0.25, 0.3) is 0 Å². The number of benzene rings is 1. The van der Waals surface area contributed by atoms with Gasteiger partial charge in [-0.3, -0.25) is 4.79 Å². The molecule has 2 aliphatic heterocycles. The summed E-state index contributed by atoms with van der Waals surface area (Å²) in [5, 5.41) is 0.0479. The van der Waals surface area contributed by atoms with Crippen molar-refractivity contribution < 1.29 is 4.79 Å². The molecule has 1 aromatic rings. The van der Waals surface area contributed by atoms with Gasteiger partial charge in [-0.1, -0.05) is 25.1 Å². The van der Waals surface area contributed by atoms with Crippen molar-refractivity contribution in [1.29, 1.82) is 0 Å². The van der Waals surface area contributed by atoms with Crippen LogP contribution in [0.3, 0.4) is 0 Å². The molecule has 0 bridgehead atoms. The maximum Gasteiger partial charge on any atom is 0.236 e. The van der Waals surface area contributed by atoms with Gasteiger partial charge in [0.15, 0.2) is 0 Å². The lowest BCUT2D eigenvalue weighted by Gasteiger charge is -2.40. The lowest BCUT2D eigenvalue weighted by Crippen LogP contribution is -2.53. The largest absolute Gasteiger partial charge is 0.337 e. The van der Waals surface area contributed by atoms with Crippen LogP contribution in [0.5, 0.6) is 0 Å². The van der Waals surface area contributed by atoms with Crippen LogP contribution >= 0.6 is 11.8 Å². The van der Waals surface area contributed by atoms with Crippen molar-refractivity contribution in [2.24, 2.45) is 11.7 Å². The molecule has 20 heavy (non-hydrogen) atoms. The summed E-state index contributed by atoms with van der Waals surface area (Å²) in [5.41, 5.74) is 7.21. The van der Waals surface area contributed by atoms with Crippen LogP contribution < -0.4 is 5.73 Å². The number of carbonyl (C=O) groups is 1. The molecular weight excluding hydrogens is 268 g/mol. The Labute approximate surface area is 124 Å². The van der Waals surface area contributed by atoms with Gasteiger partial charge >= 0.3 is 0 Å². The van der Waals surface area contributed by atoms with Gasteiger partial charge in [-0.2, -0.15) is 0 Å². The molecular formula is C16H22N2OS. The van der Waals surface area contributed by atoms with E-state index in [-0.39, 0.29) is 17.2 Å². The van der Waals surface area contributed by atoms with E-state index in [9.17, 15) is 4.79 Å². The zero-order valence-corrected chi connectivity index (χ0v) is 12.7. The van der Waals surface area contributed by atoms with Gasteiger partial charge in [-0.25, -0.2) is 0 Å². The predicted octanol–water partition coefficient (Wildman–Crippen LogP) is 2.29. The minimum absolute atomic E-state index is 0.0479. The van der Waals surface area contributed by atoms with Crippen LogP contribution in [0, 0.1) is 5.92 Å². The van der Waals surface area contributed by atoms with Crippen LogP contribution in [0.15, 0.2) is 29.2 Å². The number of amides is 1. The molecule has 2 heterocycles. The van der Waals surface area contributed by atoms with Crippen molar-refractivity contribution in [3.8, 4) is 0 Å². The smallest absolute Gasteiger partial charge is 0.236 e. The maximum atomic E-state index is 12.8. The number of thioether (sulfide) groups is 1. The van der Waals surface area contributed by atoms with E-state index in [2.05, 4.69) is 30.0 Å². The number of likely N-dealkylation sites (tertiary alicyclic amines) is 1. The van der Waals surface area contributed by atoms with Crippen molar-refractivity contribution in [3.63, 3.8) is 0 Å². The summed E-state index contributed by atoms with van der Waals surface area (Å²) in [4.78, 5) is 16.2. The second kappa shape index (κ2) is 5.78. The number of piperidine rings is 1. The Morgan fingerprint density at radius 3 is 3.00 bits per heavy atom. The quantitative estimate of drug-likeness (QED) is 0.909. The van der Waals surface area contributed by atoms with E-state index in [1.54, 1.807) is 11.8 Å². The first kappa shape index (κ1) is 14.0. The molecule has 2 N–H and O–H groups in total. The molecule has 1 amide bonds. The minimum atomic E-state index is 0.0479. The predicted molar refractivity (Wildman–Crippen MR) is 82.7 cm³/mol. The molecule has 3 atom stereocenters. The van der Waals surface area contributed by atoms with Gasteiger partial charge in [0.2, 0.25) is 5.91 Å². The monoisotopic (exact) mass is 290 g/mol. The topological polar surface area (TPSA) is 46.3 Å². The van der Waals surface area contributed by atoms with Crippen molar-refractivity contribution in [2.45, 2.75) is 42.4 Å². The molecule has 1 fully saturated rings. The van der Waals surface area contributed by atoms with E-state index in [1.165, 1.54) is 16.9 Å². The van der Waals surface area contributed by atoms with Crippen LogP contribution in [0.2, 0.25) is 0 Å². The Kier molecular flexibility index (Phi) is 4.03. The van der Waals surface area contributed by atoms with Crippen molar-refractivity contribution >= 4 is 17.7 Å². The zero-order chi connectivity index (χ0) is 14.1. The highest BCUT2D eigenvalue weighted by Gasteiger charge is 2.37. The minimum Gasteiger partial charge on any atom is -0.337 e. The summed E-state index contributed by atoms with van der Waals surface area (Å²) in [6.45, 7) is 3.67. The number of hydrogen-bond donors (Lipinski definition) is 1. The zero-order valence-electron chi connectivity index (χ0n) is 11.9. The van der Waals surface area contributed by atoms with Gasteiger partial charge in [-0.15, -0.1) is 11.8 Å². The molecule has 0 spiro atoms. The van der Waals surface area contributed by atoms with E-state index < -0.39 is 0 Å². The Bertz CT molecular complexity index is 480. The molecule has 0 saturated carbocycles. The normalized spacial score (nSPS) is 29.3. The molecule has 3 rings (SSSR count). The SMILES string of the molecule is CC1CCCN(C(=O)C2Cc3ccccc3S2)C1CN. The number of carbonyl (C=O) groups excluding carboxylic acids is 1. The molecule has 108 valence electrons. The van der Waals surface area contributed by atoms with Crippen molar-refractivity contribution in [3.05, 3.63) is 29.8 Å². The highest BCUT2D eigenvalue weighted by Crippen LogP contribution is 2.38. The summed E-state index contributed by atoms with van der Waals surface area (Å²) < 4.78 is 0. The maximum absolute atomic E-state index is 12.8. The first-order valence-corrected chi connectivity index (χ1v) is 8.33. The Hall–Kier alpha value is -1.00. The fraction of sp³-hybridized carbons (Fsp3) is 0.562. The number of hydrogen-bond acceptors (Lipinski definition) is 3. The van der Waals surface area contributed by atoms with Gasteiger partial charge < -0.3 is 10.6 Å². The van der Waals surface area contributed by atoms with E-state index in [4.69, 9.17) is 5.73 Å². The van der Waals surface area contributed by atoms with E-state index in [1.807, 2.05) is 6.07 Å². The first-order valence-electron chi connectivity index (χ1n) is 7.46. The first-order chi connectivity index (χ1) is 9.70.